The Balaban J connectivity index is 1.72. The Labute approximate surface area is 156 Å². The van der Waals surface area contributed by atoms with Gasteiger partial charge in [0.1, 0.15) is 11.5 Å². The van der Waals surface area contributed by atoms with E-state index in [4.69, 9.17) is 9.47 Å². The molecule has 5 nitrogen and oxygen atoms in total. The first-order valence-electron chi connectivity index (χ1n) is 8.10. The largest absolute Gasteiger partial charge is 0.494 e. The van der Waals surface area contributed by atoms with Crippen LogP contribution < -0.4 is 14.9 Å². The maximum absolute atomic E-state index is 11.7. The van der Waals surface area contributed by atoms with E-state index < -0.39 is 0 Å². The molecule has 132 valence electrons. The van der Waals surface area contributed by atoms with E-state index in [1.54, 1.807) is 18.3 Å². The quantitative estimate of drug-likeness (QED) is 0.387. The summed E-state index contributed by atoms with van der Waals surface area (Å²) in [6, 6.07) is 14.8. The van der Waals surface area contributed by atoms with Gasteiger partial charge in [0.15, 0.2) is 6.61 Å². The molecule has 0 saturated carbocycles. The third-order valence-corrected chi connectivity index (χ3v) is 3.71. The van der Waals surface area contributed by atoms with Gasteiger partial charge in [-0.05, 0) is 48.4 Å². The minimum absolute atomic E-state index is 0.105. The topological polar surface area (TPSA) is 59.9 Å². The summed E-state index contributed by atoms with van der Waals surface area (Å²) in [4.78, 5) is 11.7. The molecule has 2 rings (SSSR count). The third kappa shape index (κ3) is 7.39. The standard InChI is InChI=1S/C19H21BrN2O3/c1-2-3-11-24-17-7-9-18(10-8-17)25-14-19(23)22-21-13-15-5-4-6-16(20)12-15/h4-10,12-13H,2-3,11,14H2,1H3,(H,22,23)/b21-13-. The van der Waals surface area contributed by atoms with Gasteiger partial charge < -0.3 is 9.47 Å². The molecular formula is C19H21BrN2O3. The van der Waals surface area contributed by atoms with Gasteiger partial charge in [-0.25, -0.2) is 5.43 Å². The summed E-state index contributed by atoms with van der Waals surface area (Å²) in [7, 11) is 0. The first kappa shape index (κ1) is 19.0. The van der Waals surface area contributed by atoms with Crippen molar-refractivity contribution in [1.29, 1.82) is 0 Å². The monoisotopic (exact) mass is 404 g/mol. The van der Waals surface area contributed by atoms with Crippen molar-refractivity contribution in [3.63, 3.8) is 0 Å². The molecule has 1 N–H and O–H groups in total. The van der Waals surface area contributed by atoms with Crippen molar-refractivity contribution in [1.82, 2.24) is 5.43 Å². The van der Waals surface area contributed by atoms with Gasteiger partial charge in [0.25, 0.3) is 5.91 Å². The second-order valence-electron chi connectivity index (χ2n) is 5.31. The van der Waals surface area contributed by atoms with Crippen molar-refractivity contribution < 1.29 is 14.3 Å². The Kier molecular flexibility index (Phi) is 7.98. The summed E-state index contributed by atoms with van der Waals surface area (Å²) in [5, 5.41) is 3.91. The Morgan fingerprint density at radius 3 is 2.56 bits per heavy atom. The van der Waals surface area contributed by atoms with E-state index in [0.29, 0.717) is 12.4 Å². The van der Waals surface area contributed by atoms with E-state index >= 15 is 0 Å². The van der Waals surface area contributed by atoms with E-state index in [1.165, 1.54) is 0 Å². The number of hydrogen-bond acceptors (Lipinski definition) is 4. The number of nitrogens with one attached hydrogen (secondary N) is 1. The number of unbranched alkanes of at least 4 members (excludes halogenated alkanes) is 1. The summed E-state index contributed by atoms with van der Waals surface area (Å²) >= 11 is 3.38. The molecule has 25 heavy (non-hydrogen) atoms. The fourth-order valence-electron chi connectivity index (χ4n) is 1.91. The van der Waals surface area contributed by atoms with Crippen molar-refractivity contribution >= 4 is 28.1 Å². The highest BCUT2D eigenvalue weighted by Gasteiger charge is 2.02. The van der Waals surface area contributed by atoms with Crippen molar-refractivity contribution in [2.45, 2.75) is 19.8 Å². The highest BCUT2D eigenvalue weighted by atomic mass is 79.9. The minimum atomic E-state index is -0.325. The first-order chi connectivity index (χ1) is 12.2. The molecule has 0 aliphatic carbocycles. The van der Waals surface area contributed by atoms with Crippen LogP contribution in [0.25, 0.3) is 0 Å². The number of ether oxygens (including phenoxy) is 2. The zero-order valence-electron chi connectivity index (χ0n) is 14.1. The van der Waals surface area contributed by atoms with Crippen molar-refractivity contribution in [3.8, 4) is 11.5 Å². The van der Waals surface area contributed by atoms with Gasteiger partial charge in [-0.2, -0.15) is 5.10 Å². The number of carbonyl (C=O) groups excluding carboxylic acids is 1. The van der Waals surface area contributed by atoms with E-state index in [-0.39, 0.29) is 12.5 Å². The Morgan fingerprint density at radius 2 is 1.88 bits per heavy atom. The zero-order valence-corrected chi connectivity index (χ0v) is 15.7. The van der Waals surface area contributed by atoms with Gasteiger partial charge in [-0.3, -0.25) is 4.79 Å². The molecule has 0 aliphatic rings. The fourth-order valence-corrected chi connectivity index (χ4v) is 2.33. The molecule has 6 heteroatoms. The van der Waals surface area contributed by atoms with Crippen LogP contribution in [0.15, 0.2) is 58.1 Å². The minimum Gasteiger partial charge on any atom is -0.494 e. The predicted octanol–water partition coefficient (Wildman–Crippen LogP) is 4.16. The molecule has 0 aromatic heterocycles. The molecule has 0 spiro atoms. The second kappa shape index (κ2) is 10.5. The normalized spacial score (nSPS) is 10.6. The first-order valence-corrected chi connectivity index (χ1v) is 8.90. The van der Waals surface area contributed by atoms with Crippen LogP contribution in [0.1, 0.15) is 25.3 Å². The molecule has 0 saturated heterocycles. The zero-order chi connectivity index (χ0) is 17.9. The van der Waals surface area contributed by atoms with Crippen LogP contribution in [0.4, 0.5) is 0 Å². The number of amides is 1. The lowest BCUT2D eigenvalue weighted by Crippen LogP contribution is -2.24. The molecular weight excluding hydrogens is 384 g/mol. The van der Waals surface area contributed by atoms with E-state index in [1.807, 2.05) is 36.4 Å². The van der Waals surface area contributed by atoms with Crippen molar-refractivity contribution in [2.75, 3.05) is 13.2 Å². The number of rotatable bonds is 9. The molecule has 0 radical (unpaired) electrons. The van der Waals surface area contributed by atoms with Gasteiger partial charge in [0.05, 0.1) is 12.8 Å². The van der Waals surface area contributed by atoms with Crippen LogP contribution in [0.5, 0.6) is 11.5 Å². The van der Waals surface area contributed by atoms with Crippen LogP contribution in [0, 0.1) is 0 Å². The van der Waals surface area contributed by atoms with Crippen LogP contribution in [-0.4, -0.2) is 25.3 Å². The van der Waals surface area contributed by atoms with E-state index in [9.17, 15) is 4.79 Å². The summed E-state index contributed by atoms with van der Waals surface area (Å²) in [6.07, 6.45) is 3.70. The summed E-state index contributed by atoms with van der Waals surface area (Å²) in [5.74, 6) is 1.08. The Hall–Kier alpha value is -2.34. The Morgan fingerprint density at radius 1 is 1.16 bits per heavy atom. The summed E-state index contributed by atoms with van der Waals surface area (Å²) in [5.41, 5.74) is 3.32. The summed E-state index contributed by atoms with van der Waals surface area (Å²) < 4.78 is 11.9. The van der Waals surface area contributed by atoms with Gasteiger partial charge in [-0.1, -0.05) is 41.4 Å². The maximum Gasteiger partial charge on any atom is 0.277 e. The molecule has 0 atom stereocenters. The van der Waals surface area contributed by atoms with Crippen LogP contribution in [-0.2, 0) is 4.79 Å². The lowest BCUT2D eigenvalue weighted by atomic mass is 10.2. The number of nitrogens with zero attached hydrogens (tertiary/aromatic N) is 1. The Bertz CT molecular complexity index is 702. The average Bonchev–Trinajstić information content (AvgIpc) is 2.61. The average molecular weight is 405 g/mol. The molecule has 0 bridgehead atoms. The molecule has 0 heterocycles. The third-order valence-electron chi connectivity index (χ3n) is 3.21. The second-order valence-corrected chi connectivity index (χ2v) is 6.23. The lowest BCUT2D eigenvalue weighted by Gasteiger charge is -2.07. The highest BCUT2D eigenvalue weighted by Crippen LogP contribution is 2.17. The number of hydrazone groups is 1. The van der Waals surface area contributed by atoms with Crippen molar-refractivity contribution in [3.05, 3.63) is 58.6 Å². The number of halogens is 1. The van der Waals surface area contributed by atoms with E-state index in [2.05, 4.69) is 33.4 Å². The van der Waals surface area contributed by atoms with E-state index in [0.717, 1.165) is 28.6 Å². The van der Waals surface area contributed by atoms with Gasteiger partial charge in [-0.15, -0.1) is 0 Å². The molecule has 1 amide bonds. The number of benzene rings is 2. The number of carbonyl (C=O) groups is 1. The lowest BCUT2D eigenvalue weighted by molar-refractivity contribution is -0.123. The van der Waals surface area contributed by atoms with Crippen molar-refractivity contribution in [2.24, 2.45) is 5.10 Å². The van der Waals surface area contributed by atoms with Crippen LogP contribution >= 0.6 is 15.9 Å². The molecule has 2 aromatic rings. The van der Waals surface area contributed by atoms with Gasteiger partial charge in [0, 0.05) is 4.47 Å². The number of hydrogen-bond donors (Lipinski definition) is 1. The predicted molar refractivity (Wildman–Crippen MR) is 102 cm³/mol. The molecule has 2 aromatic carbocycles. The smallest absolute Gasteiger partial charge is 0.277 e. The van der Waals surface area contributed by atoms with Gasteiger partial charge in [0.2, 0.25) is 0 Å². The highest BCUT2D eigenvalue weighted by molar-refractivity contribution is 9.10. The van der Waals surface area contributed by atoms with Crippen LogP contribution in [0.3, 0.4) is 0 Å². The molecule has 0 unspecified atom stereocenters. The van der Waals surface area contributed by atoms with Crippen LogP contribution in [0.2, 0.25) is 0 Å². The van der Waals surface area contributed by atoms with Gasteiger partial charge >= 0.3 is 0 Å². The maximum atomic E-state index is 11.7. The summed E-state index contributed by atoms with van der Waals surface area (Å²) in [6.45, 7) is 2.72. The SMILES string of the molecule is CCCCOc1ccc(OCC(=O)N/N=C\c2cccc(Br)c2)cc1. The fraction of sp³-hybridized carbons (Fsp3) is 0.263. The molecule has 0 fully saturated rings. The molecule has 0 aliphatic heterocycles.